The van der Waals surface area contributed by atoms with Crippen LogP contribution in [0.5, 0.6) is 0 Å². The highest BCUT2D eigenvalue weighted by atomic mass is 16.3. The average Bonchev–Trinajstić information content (AvgIpc) is 2.98. The summed E-state index contributed by atoms with van der Waals surface area (Å²) in [4.78, 5) is 0. The van der Waals surface area contributed by atoms with Crippen molar-refractivity contribution in [3.05, 3.63) is 41.5 Å². The van der Waals surface area contributed by atoms with E-state index in [0.29, 0.717) is 23.4 Å². The lowest BCUT2D eigenvalue weighted by atomic mass is 9.50. The van der Waals surface area contributed by atoms with Gasteiger partial charge in [0.05, 0.1) is 6.10 Å². The molecule has 4 aliphatic rings. The molecule has 4 aliphatic carbocycles. The molecule has 0 saturated heterocycles. The second-order valence-corrected chi connectivity index (χ2v) is 10.2. The fraction of sp³-hybridized carbons (Fsp3) is 0.615. The summed E-state index contributed by atoms with van der Waals surface area (Å²) >= 11 is 0. The lowest BCUT2D eigenvalue weighted by molar-refractivity contribution is -0.0865. The third kappa shape index (κ3) is 2.95. The van der Waals surface area contributed by atoms with E-state index in [1.165, 1.54) is 18.4 Å². The van der Waals surface area contributed by atoms with E-state index in [0.717, 1.165) is 50.0 Å². The van der Waals surface area contributed by atoms with Crippen LogP contribution in [0.4, 0.5) is 5.69 Å². The van der Waals surface area contributed by atoms with Crippen molar-refractivity contribution in [2.24, 2.45) is 29.1 Å². The molecule has 3 nitrogen and oxygen atoms in total. The van der Waals surface area contributed by atoms with Gasteiger partial charge >= 0.3 is 0 Å². The van der Waals surface area contributed by atoms with Crippen LogP contribution in [0.3, 0.4) is 0 Å². The third-order valence-corrected chi connectivity index (χ3v) is 8.95. The molecule has 4 N–H and O–H groups in total. The van der Waals surface area contributed by atoms with E-state index in [4.69, 9.17) is 5.73 Å². The van der Waals surface area contributed by atoms with Crippen LogP contribution in [0, 0.1) is 40.9 Å². The van der Waals surface area contributed by atoms with Gasteiger partial charge in [-0.05, 0) is 87.2 Å². The second-order valence-electron chi connectivity index (χ2n) is 10.2. The van der Waals surface area contributed by atoms with Gasteiger partial charge in [0, 0.05) is 16.7 Å². The number of anilines is 1. The van der Waals surface area contributed by atoms with Crippen molar-refractivity contribution in [1.29, 1.82) is 0 Å². The van der Waals surface area contributed by atoms with Gasteiger partial charge in [-0.3, -0.25) is 0 Å². The lowest BCUT2D eigenvalue weighted by Crippen LogP contribution is -2.52. The average molecular weight is 392 g/mol. The van der Waals surface area contributed by atoms with E-state index in [-0.39, 0.29) is 11.5 Å². The predicted octanol–water partition coefficient (Wildman–Crippen LogP) is 4.29. The van der Waals surface area contributed by atoms with Crippen LogP contribution < -0.4 is 5.73 Å². The highest BCUT2D eigenvalue weighted by Gasteiger charge is 2.62. The first-order valence-corrected chi connectivity index (χ1v) is 11.4. The molecule has 1 aromatic rings. The number of nitrogen functional groups attached to an aromatic ring is 1. The maximum atomic E-state index is 11.7. The minimum atomic E-state index is -0.927. The second kappa shape index (κ2) is 6.89. The van der Waals surface area contributed by atoms with Crippen LogP contribution in [-0.2, 0) is 0 Å². The van der Waals surface area contributed by atoms with Crippen LogP contribution in [0.25, 0.3) is 0 Å². The van der Waals surface area contributed by atoms with Crippen molar-refractivity contribution in [3.8, 4) is 11.8 Å². The highest BCUT2D eigenvalue weighted by molar-refractivity contribution is 5.56. The first-order chi connectivity index (χ1) is 13.9. The number of hydrogen-bond donors (Lipinski definition) is 3. The summed E-state index contributed by atoms with van der Waals surface area (Å²) < 4.78 is 0. The zero-order valence-corrected chi connectivity index (χ0v) is 17.4. The first kappa shape index (κ1) is 19.2. The van der Waals surface area contributed by atoms with Gasteiger partial charge in [-0.15, -0.1) is 0 Å². The molecule has 0 heterocycles. The number of aliphatic hydroxyl groups is 2. The molecule has 3 saturated carbocycles. The number of nitrogens with two attached hydrogens (primary N) is 1. The molecule has 1 aromatic carbocycles. The SMILES string of the molecule is C[C@]12CC[C@@H]3[C@@H](CCC4=CC(O)CC[C@@H]43)[C@H]1CCC2(O)C#Cc1ccccc1N. The zero-order chi connectivity index (χ0) is 20.2. The number of rotatable bonds is 0. The van der Waals surface area contributed by atoms with Crippen LogP contribution in [0.15, 0.2) is 35.9 Å². The van der Waals surface area contributed by atoms with E-state index < -0.39 is 5.60 Å². The summed E-state index contributed by atoms with van der Waals surface area (Å²) in [5.41, 5.74) is 8.01. The van der Waals surface area contributed by atoms with Crippen molar-refractivity contribution >= 4 is 5.69 Å². The fourth-order valence-corrected chi connectivity index (χ4v) is 7.32. The smallest absolute Gasteiger partial charge is 0.131 e. The van der Waals surface area contributed by atoms with Crippen molar-refractivity contribution in [1.82, 2.24) is 0 Å². The van der Waals surface area contributed by atoms with Gasteiger partial charge < -0.3 is 15.9 Å². The van der Waals surface area contributed by atoms with E-state index in [1.54, 1.807) is 0 Å². The normalized spacial score (nSPS) is 43.3. The molecule has 29 heavy (non-hydrogen) atoms. The Balaban J connectivity index is 1.42. The molecule has 154 valence electrons. The Bertz CT molecular complexity index is 895. The van der Waals surface area contributed by atoms with Gasteiger partial charge in [-0.2, -0.15) is 0 Å². The molecule has 5 rings (SSSR count). The number of benzene rings is 1. The van der Waals surface area contributed by atoms with E-state index in [2.05, 4.69) is 24.8 Å². The molecule has 0 aliphatic heterocycles. The maximum absolute atomic E-state index is 11.7. The van der Waals surface area contributed by atoms with Crippen molar-refractivity contribution in [3.63, 3.8) is 0 Å². The third-order valence-electron chi connectivity index (χ3n) is 8.95. The van der Waals surface area contributed by atoms with Gasteiger partial charge in [-0.25, -0.2) is 0 Å². The minimum Gasteiger partial charge on any atom is -0.398 e. The fourth-order valence-electron chi connectivity index (χ4n) is 7.32. The zero-order valence-electron chi connectivity index (χ0n) is 17.4. The standard InChI is InChI=1S/C26H33NO2/c1-25-13-11-21-20-9-7-19(28)16-18(20)6-8-22(21)23(25)12-15-26(25,29)14-10-17-4-2-3-5-24(17)27/h2-5,16,19-23,28-29H,6-9,11-13,15,27H2,1H3/t19?,20-,21-,22+,23+,25-,26?/m0/s1. The summed E-state index contributed by atoms with van der Waals surface area (Å²) in [6.07, 6.45) is 10.3. The molecule has 0 radical (unpaired) electrons. The molecule has 3 heteroatoms. The Hall–Kier alpha value is -1.76. The van der Waals surface area contributed by atoms with E-state index in [9.17, 15) is 10.2 Å². The Morgan fingerprint density at radius 3 is 2.69 bits per heavy atom. The lowest BCUT2D eigenvalue weighted by Gasteiger charge is -2.55. The first-order valence-electron chi connectivity index (χ1n) is 11.4. The summed E-state index contributed by atoms with van der Waals surface area (Å²) in [6, 6.07) is 7.67. The Morgan fingerprint density at radius 2 is 1.86 bits per heavy atom. The maximum Gasteiger partial charge on any atom is 0.131 e. The monoisotopic (exact) mass is 391 g/mol. The van der Waals surface area contributed by atoms with E-state index in [1.807, 2.05) is 24.3 Å². The van der Waals surface area contributed by atoms with Crippen LogP contribution >= 0.6 is 0 Å². The van der Waals surface area contributed by atoms with Crippen molar-refractivity contribution in [2.75, 3.05) is 5.73 Å². The van der Waals surface area contributed by atoms with Crippen molar-refractivity contribution < 1.29 is 10.2 Å². The van der Waals surface area contributed by atoms with Gasteiger partial charge in [0.15, 0.2) is 0 Å². The molecule has 7 atom stereocenters. The number of hydrogen-bond acceptors (Lipinski definition) is 3. The molecular weight excluding hydrogens is 358 g/mol. The molecule has 0 bridgehead atoms. The van der Waals surface area contributed by atoms with Gasteiger partial charge in [0.25, 0.3) is 0 Å². The van der Waals surface area contributed by atoms with E-state index >= 15 is 0 Å². The van der Waals surface area contributed by atoms with Crippen LogP contribution in [0.2, 0.25) is 0 Å². The Morgan fingerprint density at radius 1 is 1.03 bits per heavy atom. The molecule has 2 unspecified atom stereocenters. The summed E-state index contributed by atoms with van der Waals surface area (Å²) in [5.74, 6) is 9.12. The predicted molar refractivity (Wildman–Crippen MR) is 116 cm³/mol. The molecule has 0 spiro atoms. The summed E-state index contributed by atoms with van der Waals surface area (Å²) in [6.45, 7) is 2.29. The van der Waals surface area contributed by atoms with Gasteiger partial charge in [0.2, 0.25) is 0 Å². The van der Waals surface area contributed by atoms with Crippen molar-refractivity contribution in [2.45, 2.75) is 70.0 Å². The Labute approximate surface area is 174 Å². The Kier molecular flexibility index (Phi) is 4.57. The van der Waals surface area contributed by atoms with Gasteiger partial charge in [0.1, 0.15) is 5.60 Å². The minimum absolute atomic E-state index is 0.139. The number of fused-ring (bicyclic) bond motifs is 5. The highest BCUT2D eigenvalue weighted by Crippen LogP contribution is 2.64. The summed E-state index contributed by atoms with van der Waals surface area (Å²) in [5, 5.41) is 21.7. The topological polar surface area (TPSA) is 66.5 Å². The molecular formula is C26H33NO2. The molecule has 3 fully saturated rings. The van der Waals surface area contributed by atoms with Crippen LogP contribution in [-0.4, -0.2) is 21.9 Å². The number of aliphatic hydroxyl groups excluding tert-OH is 1. The van der Waals surface area contributed by atoms with Crippen LogP contribution in [0.1, 0.15) is 63.9 Å². The molecule has 0 amide bonds. The number of allylic oxidation sites excluding steroid dienone is 1. The molecule has 0 aromatic heterocycles. The quantitative estimate of drug-likeness (QED) is 0.351. The van der Waals surface area contributed by atoms with Gasteiger partial charge in [-0.1, -0.05) is 42.5 Å². The number of para-hydroxylation sites is 1. The summed E-state index contributed by atoms with van der Waals surface area (Å²) in [7, 11) is 0. The largest absolute Gasteiger partial charge is 0.398 e.